The van der Waals surface area contributed by atoms with E-state index in [1.165, 1.54) is 4.90 Å². The molecule has 2 amide bonds. The van der Waals surface area contributed by atoms with E-state index in [4.69, 9.17) is 9.84 Å². The van der Waals surface area contributed by atoms with Gasteiger partial charge in [-0.15, -0.1) is 0 Å². The van der Waals surface area contributed by atoms with Crippen molar-refractivity contribution in [3.05, 3.63) is 0 Å². The van der Waals surface area contributed by atoms with Crippen molar-refractivity contribution in [2.75, 3.05) is 26.8 Å². The average Bonchev–Trinajstić information content (AvgIpc) is 2.99. The number of carbonyl (C=O) groups excluding carboxylic acids is 1. The molecule has 0 spiro atoms. The molecule has 0 atom stereocenters. The highest BCUT2D eigenvalue weighted by molar-refractivity contribution is 5.88. The highest BCUT2D eigenvalue weighted by Crippen LogP contribution is 2.35. The lowest BCUT2D eigenvalue weighted by molar-refractivity contribution is -0.140. The molecule has 1 aliphatic rings. The third-order valence-electron chi connectivity index (χ3n) is 2.63. The van der Waals surface area contributed by atoms with Crippen LogP contribution in [0.4, 0.5) is 4.79 Å². The van der Waals surface area contributed by atoms with Gasteiger partial charge in [0.15, 0.2) is 0 Å². The van der Waals surface area contributed by atoms with Crippen LogP contribution in [-0.2, 0) is 9.53 Å². The summed E-state index contributed by atoms with van der Waals surface area (Å²) in [6, 6.07) is -0.361. The molecule has 0 radical (unpaired) electrons. The summed E-state index contributed by atoms with van der Waals surface area (Å²) < 4.78 is 5.11. The maximum atomic E-state index is 11.6. The van der Waals surface area contributed by atoms with Gasteiger partial charge >= 0.3 is 12.0 Å². The first-order valence-corrected chi connectivity index (χ1v) is 5.36. The summed E-state index contributed by atoms with van der Waals surface area (Å²) in [5.41, 5.74) is -1.02. The number of nitrogens with one attached hydrogen (secondary N) is 1. The second-order valence-corrected chi connectivity index (χ2v) is 3.94. The van der Waals surface area contributed by atoms with Crippen molar-refractivity contribution in [2.24, 2.45) is 0 Å². The van der Waals surface area contributed by atoms with E-state index in [9.17, 15) is 9.59 Å². The van der Waals surface area contributed by atoms with Crippen LogP contribution in [0.5, 0.6) is 0 Å². The topological polar surface area (TPSA) is 78.9 Å². The second kappa shape index (κ2) is 5.16. The molecule has 0 aromatic carbocycles. The van der Waals surface area contributed by atoms with Gasteiger partial charge < -0.3 is 20.1 Å². The van der Waals surface area contributed by atoms with E-state index in [0.717, 1.165) is 0 Å². The molecule has 16 heavy (non-hydrogen) atoms. The number of carboxylic acid groups (broad SMARTS) is 1. The Morgan fingerprint density at radius 3 is 2.56 bits per heavy atom. The first kappa shape index (κ1) is 12.8. The second-order valence-electron chi connectivity index (χ2n) is 3.94. The zero-order valence-electron chi connectivity index (χ0n) is 9.65. The molecule has 6 heteroatoms. The van der Waals surface area contributed by atoms with E-state index in [-0.39, 0.29) is 6.03 Å². The maximum Gasteiger partial charge on any atom is 0.329 e. The number of carboxylic acids is 1. The summed E-state index contributed by atoms with van der Waals surface area (Å²) in [6.07, 6.45) is 1.01. The summed E-state index contributed by atoms with van der Waals surface area (Å²) in [7, 11) is 1.62. The molecule has 0 aromatic rings. The zero-order valence-corrected chi connectivity index (χ0v) is 9.65. The van der Waals surface area contributed by atoms with Crippen LogP contribution in [-0.4, -0.2) is 54.4 Å². The number of amides is 2. The number of aliphatic carboxylic acids is 1. The summed E-state index contributed by atoms with van der Waals surface area (Å²) in [5.74, 6) is -0.959. The van der Waals surface area contributed by atoms with Crippen LogP contribution in [0.3, 0.4) is 0 Å². The maximum absolute atomic E-state index is 11.6. The molecule has 92 valence electrons. The van der Waals surface area contributed by atoms with Crippen molar-refractivity contribution in [2.45, 2.75) is 25.3 Å². The van der Waals surface area contributed by atoms with Crippen molar-refractivity contribution in [3.63, 3.8) is 0 Å². The predicted octanol–water partition coefficient (Wildman–Crippen LogP) is 0.281. The first-order valence-electron chi connectivity index (χ1n) is 5.36. The molecule has 1 saturated carbocycles. The van der Waals surface area contributed by atoms with Gasteiger partial charge in [-0.05, 0) is 19.8 Å². The van der Waals surface area contributed by atoms with E-state index in [0.29, 0.717) is 32.6 Å². The molecule has 0 saturated heterocycles. The van der Waals surface area contributed by atoms with Gasteiger partial charge in [0, 0.05) is 20.2 Å². The minimum atomic E-state index is -1.02. The van der Waals surface area contributed by atoms with Gasteiger partial charge in [-0.2, -0.15) is 0 Å². The predicted molar refractivity (Wildman–Crippen MR) is 57.3 cm³/mol. The van der Waals surface area contributed by atoms with Crippen molar-refractivity contribution >= 4 is 12.0 Å². The van der Waals surface area contributed by atoms with Crippen molar-refractivity contribution in [1.29, 1.82) is 0 Å². The van der Waals surface area contributed by atoms with E-state index < -0.39 is 11.5 Å². The van der Waals surface area contributed by atoms with E-state index in [1.54, 1.807) is 7.05 Å². The normalized spacial score (nSPS) is 16.6. The number of urea groups is 1. The molecule has 6 nitrogen and oxygen atoms in total. The van der Waals surface area contributed by atoms with Crippen LogP contribution in [0, 0.1) is 0 Å². The average molecular weight is 230 g/mol. The Hall–Kier alpha value is -1.30. The van der Waals surface area contributed by atoms with Crippen LogP contribution >= 0.6 is 0 Å². The van der Waals surface area contributed by atoms with Gasteiger partial charge in [0.2, 0.25) is 0 Å². The molecule has 0 aliphatic heterocycles. The fourth-order valence-electron chi connectivity index (χ4n) is 1.26. The Balaban J connectivity index is 2.32. The quantitative estimate of drug-likeness (QED) is 0.642. The third-order valence-corrected chi connectivity index (χ3v) is 2.63. The zero-order chi connectivity index (χ0) is 12.2. The van der Waals surface area contributed by atoms with Gasteiger partial charge in [0.1, 0.15) is 5.54 Å². The van der Waals surface area contributed by atoms with Crippen molar-refractivity contribution < 1.29 is 19.4 Å². The highest BCUT2D eigenvalue weighted by atomic mass is 16.5. The lowest BCUT2D eigenvalue weighted by atomic mass is 10.3. The monoisotopic (exact) mass is 230 g/mol. The van der Waals surface area contributed by atoms with Gasteiger partial charge in [-0.25, -0.2) is 9.59 Å². The van der Waals surface area contributed by atoms with Crippen molar-refractivity contribution in [1.82, 2.24) is 10.2 Å². The molecule has 0 aromatic heterocycles. The number of hydrogen-bond acceptors (Lipinski definition) is 3. The Bertz CT molecular complexity index is 276. The molecule has 1 rings (SSSR count). The lowest BCUT2D eigenvalue weighted by Crippen LogP contribution is -2.49. The first-order chi connectivity index (χ1) is 7.52. The third kappa shape index (κ3) is 3.10. The number of hydrogen-bond donors (Lipinski definition) is 2. The summed E-state index contributed by atoms with van der Waals surface area (Å²) in [5, 5.41) is 11.4. The minimum absolute atomic E-state index is 0.361. The SMILES string of the molecule is CCOCCN(C)C(=O)NC1(C(=O)O)CC1. The molecular weight excluding hydrogens is 212 g/mol. The number of rotatable bonds is 6. The summed E-state index contributed by atoms with van der Waals surface area (Å²) in [4.78, 5) is 23.9. The van der Waals surface area contributed by atoms with Crippen LogP contribution in [0.25, 0.3) is 0 Å². The fourth-order valence-corrected chi connectivity index (χ4v) is 1.26. The molecule has 0 unspecified atom stereocenters. The van der Waals surface area contributed by atoms with E-state index >= 15 is 0 Å². The van der Waals surface area contributed by atoms with Crippen LogP contribution in [0.1, 0.15) is 19.8 Å². The number of carbonyl (C=O) groups is 2. The van der Waals surface area contributed by atoms with Crippen LogP contribution < -0.4 is 5.32 Å². The number of nitrogens with zero attached hydrogens (tertiary/aromatic N) is 1. The van der Waals surface area contributed by atoms with Crippen molar-refractivity contribution in [3.8, 4) is 0 Å². The smallest absolute Gasteiger partial charge is 0.329 e. The van der Waals surface area contributed by atoms with E-state index in [1.807, 2.05) is 6.92 Å². The van der Waals surface area contributed by atoms with Gasteiger partial charge in [0.05, 0.1) is 6.61 Å². The molecule has 0 bridgehead atoms. The van der Waals surface area contributed by atoms with Crippen LogP contribution in [0.15, 0.2) is 0 Å². The Morgan fingerprint density at radius 1 is 1.50 bits per heavy atom. The molecule has 1 aliphatic carbocycles. The van der Waals surface area contributed by atoms with Gasteiger partial charge in [-0.1, -0.05) is 0 Å². The Morgan fingerprint density at radius 2 is 2.12 bits per heavy atom. The Labute approximate surface area is 94.6 Å². The summed E-state index contributed by atoms with van der Waals surface area (Å²) >= 11 is 0. The van der Waals surface area contributed by atoms with E-state index in [2.05, 4.69) is 5.32 Å². The number of likely N-dealkylation sites (N-methyl/N-ethyl adjacent to an activating group) is 1. The Kier molecular flexibility index (Phi) is 4.12. The number of ether oxygens (including phenoxy) is 1. The molecule has 0 heterocycles. The standard InChI is InChI=1S/C10H18N2O4/c1-3-16-7-6-12(2)9(15)11-10(4-5-10)8(13)14/h3-7H2,1-2H3,(H,11,15)(H,13,14). The van der Waals surface area contributed by atoms with Gasteiger partial charge in [-0.3, -0.25) is 0 Å². The molecule has 2 N–H and O–H groups in total. The van der Waals surface area contributed by atoms with Gasteiger partial charge in [0.25, 0.3) is 0 Å². The molecule has 1 fully saturated rings. The summed E-state index contributed by atoms with van der Waals surface area (Å²) in [6.45, 7) is 3.40. The lowest BCUT2D eigenvalue weighted by Gasteiger charge is -2.20. The highest BCUT2D eigenvalue weighted by Gasteiger charge is 2.52. The fraction of sp³-hybridized carbons (Fsp3) is 0.800. The largest absolute Gasteiger partial charge is 0.480 e. The minimum Gasteiger partial charge on any atom is -0.480 e. The molecular formula is C10H18N2O4. The van der Waals surface area contributed by atoms with Crippen LogP contribution in [0.2, 0.25) is 0 Å².